The van der Waals surface area contributed by atoms with Crippen LogP contribution in [0.4, 0.5) is 0 Å². The second-order valence-electron chi connectivity index (χ2n) is 7.58. The van der Waals surface area contributed by atoms with Gasteiger partial charge in [-0.15, -0.1) is 0 Å². The molecule has 190 valence electrons. The molecule has 0 saturated heterocycles. The lowest BCUT2D eigenvalue weighted by atomic mass is 10.0. The van der Waals surface area contributed by atoms with E-state index in [-0.39, 0.29) is 29.6 Å². The van der Waals surface area contributed by atoms with E-state index in [2.05, 4.69) is 0 Å². The van der Waals surface area contributed by atoms with Gasteiger partial charge in [0.15, 0.2) is 40.6 Å². The zero-order chi connectivity index (χ0) is 26.1. The summed E-state index contributed by atoms with van der Waals surface area (Å²) in [5, 5.41) is 30.7. The number of phenolic OH excluding ortho intramolecular Hbond substituents is 2. The maximum absolute atomic E-state index is 12.4. The van der Waals surface area contributed by atoms with Crippen molar-refractivity contribution in [1.29, 1.82) is 0 Å². The molecule has 3 aromatic rings. The second kappa shape index (κ2) is 12.4. The van der Waals surface area contributed by atoms with Gasteiger partial charge in [-0.25, -0.2) is 4.79 Å². The number of aliphatic hydroxyl groups is 1. The van der Waals surface area contributed by atoms with Crippen LogP contribution in [0.3, 0.4) is 0 Å². The number of carbonyl (C=O) groups is 1. The summed E-state index contributed by atoms with van der Waals surface area (Å²) in [6.45, 7) is -0.301. The van der Waals surface area contributed by atoms with E-state index in [1.807, 2.05) is 0 Å². The summed E-state index contributed by atoms with van der Waals surface area (Å²) in [7, 11) is 4.31. The number of benzene rings is 3. The molecule has 0 unspecified atom stereocenters. The van der Waals surface area contributed by atoms with E-state index in [4.69, 9.17) is 23.7 Å². The number of aliphatic hydroxyl groups excluding tert-OH is 1. The summed E-state index contributed by atoms with van der Waals surface area (Å²) in [6, 6.07) is 15.9. The third-order valence-electron chi connectivity index (χ3n) is 5.25. The van der Waals surface area contributed by atoms with Gasteiger partial charge in [-0.05, 0) is 53.6 Å². The number of methoxy groups -OCH3 is 3. The fourth-order valence-electron chi connectivity index (χ4n) is 3.34. The molecule has 36 heavy (non-hydrogen) atoms. The number of carbonyl (C=O) groups excluding carboxylic acids is 1. The van der Waals surface area contributed by atoms with Gasteiger partial charge in [-0.1, -0.05) is 24.3 Å². The van der Waals surface area contributed by atoms with Crippen LogP contribution < -0.4 is 18.9 Å². The molecule has 3 N–H and O–H groups in total. The first-order chi connectivity index (χ1) is 17.4. The van der Waals surface area contributed by atoms with Crippen molar-refractivity contribution in [2.45, 2.75) is 12.2 Å². The van der Waals surface area contributed by atoms with Crippen LogP contribution in [0.15, 0.2) is 66.7 Å². The van der Waals surface area contributed by atoms with E-state index in [0.717, 1.165) is 0 Å². The maximum Gasteiger partial charge on any atom is 0.330 e. The normalized spacial score (nSPS) is 12.6. The van der Waals surface area contributed by atoms with Gasteiger partial charge in [0.05, 0.1) is 21.3 Å². The Morgan fingerprint density at radius 3 is 2.11 bits per heavy atom. The Bertz CT molecular complexity index is 1210. The van der Waals surface area contributed by atoms with Gasteiger partial charge in [0.1, 0.15) is 12.7 Å². The maximum atomic E-state index is 12.4. The molecule has 9 nitrogen and oxygen atoms in total. The minimum Gasteiger partial charge on any atom is -0.504 e. The zero-order valence-electron chi connectivity index (χ0n) is 20.1. The number of hydrogen-bond acceptors (Lipinski definition) is 9. The smallest absolute Gasteiger partial charge is 0.330 e. The van der Waals surface area contributed by atoms with Crippen molar-refractivity contribution in [1.82, 2.24) is 0 Å². The van der Waals surface area contributed by atoms with Gasteiger partial charge in [-0.3, -0.25) is 0 Å². The molecule has 0 spiro atoms. The highest BCUT2D eigenvalue weighted by Gasteiger charge is 2.26. The van der Waals surface area contributed by atoms with Crippen molar-refractivity contribution in [3.05, 3.63) is 77.9 Å². The Kier molecular flexibility index (Phi) is 9.01. The van der Waals surface area contributed by atoms with Gasteiger partial charge >= 0.3 is 5.97 Å². The molecule has 0 radical (unpaired) electrons. The van der Waals surface area contributed by atoms with E-state index >= 15 is 0 Å². The molecule has 9 heteroatoms. The quantitative estimate of drug-likeness (QED) is 0.268. The Morgan fingerprint density at radius 1 is 0.833 bits per heavy atom. The molecule has 0 aromatic heterocycles. The SMILES string of the molecule is COc1cc(/C=C/C(=O)OC[C@H](Oc2ccccc2OC)[C@H](O)c2ccc(O)c(OC)c2)ccc1O. The van der Waals surface area contributed by atoms with E-state index in [0.29, 0.717) is 22.6 Å². The standard InChI is InChI=1S/C27H28O9/c1-32-21-6-4-5-7-22(21)36-25(27(31)18-10-12-20(29)24(15-18)34-3)16-35-26(30)13-9-17-8-11-19(28)23(14-17)33-2/h4-15,25,27-29,31H,16H2,1-3H3/b13-9+/t25-,27+/m0/s1. The monoisotopic (exact) mass is 496 g/mol. The zero-order valence-corrected chi connectivity index (χ0v) is 20.1. The van der Waals surface area contributed by atoms with Gasteiger partial charge in [0.2, 0.25) is 0 Å². The first-order valence-corrected chi connectivity index (χ1v) is 10.9. The minimum absolute atomic E-state index is 0.0200. The lowest BCUT2D eigenvalue weighted by Crippen LogP contribution is -2.31. The van der Waals surface area contributed by atoms with Crippen LogP contribution in [0.5, 0.6) is 34.5 Å². The van der Waals surface area contributed by atoms with Crippen LogP contribution in [0, 0.1) is 0 Å². The predicted octanol–water partition coefficient (Wildman–Crippen LogP) is 3.86. The number of rotatable bonds is 11. The van der Waals surface area contributed by atoms with E-state index in [1.165, 1.54) is 57.7 Å². The highest BCUT2D eigenvalue weighted by atomic mass is 16.6. The van der Waals surface area contributed by atoms with Gasteiger partial charge in [-0.2, -0.15) is 0 Å². The van der Waals surface area contributed by atoms with Gasteiger partial charge in [0, 0.05) is 6.08 Å². The summed E-state index contributed by atoms with van der Waals surface area (Å²) in [6.07, 6.45) is 0.438. The van der Waals surface area contributed by atoms with Crippen molar-refractivity contribution < 1.29 is 43.8 Å². The lowest BCUT2D eigenvalue weighted by Gasteiger charge is -2.25. The van der Waals surface area contributed by atoms with Gasteiger partial charge < -0.3 is 39.0 Å². The first-order valence-electron chi connectivity index (χ1n) is 10.9. The molecule has 0 bridgehead atoms. The molecular weight excluding hydrogens is 468 g/mol. The highest BCUT2D eigenvalue weighted by Crippen LogP contribution is 2.33. The number of para-hydroxylation sites is 2. The lowest BCUT2D eigenvalue weighted by molar-refractivity contribution is -0.142. The van der Waals surface area contributed by atoms with Crippen LogP contribution in [0.2, 0.25) is 0 Å². The molecule has 0 saturated carbocycles. The summed E-state index contributed by atoms with van der Waals surface area (Å²) in [5.41, 5.74) is 0.993. The summed E-state index contributed by atoms with van der Waals surface area (Å²) in [5.74, 6) is 0.441. The molecule has 0 fully saturated rings. The van der Waals surface area contributed by atoms with Crippen molar-refractivity contribution in [2.24, 2.45) is 0 Å². The van der Waals surface area contributed by atoms with Crippen molar-refractivity contribution >= 4 is 12.0 Å². The molecular formula is C27H28O9. The molecule has 0 aliphatic carbocycles. The number of ether oxygens (including phenoxy) is 5. The van der Waals surface area contributed by atoms with Crippen molar-refractivity contribution in [3.63, 3.8) is 0 Å². The van der Waals surface area contributed by atoms with Crippen molar-refractivity contribution in [2.75, 3.05) is 27.9 Å². The second-order valence-corrected chi connectivity index (χ2v) is 7.58. The average Bonchev–Trinajstić information content (AvgIpc) is 2.90. The molecule has 0 aliphatic rings. The predicted molar refractivity (Wildman–Crippen MR) is 132 cm³/mol. The molecule has 0 amide bonds. The molecule has 2 atom stereocenters. The fraction of sp³-hybridized carbons (Fsp3) is 0.222. The number of hydrogen-bond donors (Lipinski definition) is 3. The molecule has 3 aromatic carbocycles. The Morgan fingerprint density at radius 2 is 1.44 bits per heavy atom. The van der Waals surface area contributed by atoms with Crippen molar-refractivity contribution in [3.8, 4) is 34.5 Å². The van der Waals surface area contributed by atoms with Crippen LogP contribution in [0.25, 0.3) is 6.08 Å². The third-order valence-corrected chi connectivity index (χ3v) is 5.25. The van der Waals surface area contributed by atoms with Crippen LogP contribution >= 0.6 is 0 Å². The summed E-state index contributed by atoms with van der Waals surface area (Å²) < 4.78 is 26.9. The minimum atomic E-state index is -1.25. The Labute approximate surface area is 208 Å². The molecule has 0 heterocycles. The summed E-state index contributed by atoms with van der Waals surface area (Å²) >= 11 is 0. The van der Waals surface area contributed by atoms with E-state index in [9.17, 15) is 20.1 Å². The Hall–Kier alpha value is -4.37. The Balaban J connectivity index is 1.78. The fourth-order valence-corrected chi connectivity index (χ4v) is 3.34. The largest absolute Gasteiger partial charge is 0.504 e. The third kappa shape index (κ3) is 6.61. The topological polar surface area (TPSA) is 124 Å². The van der Waals surface area contributed by atoms with Crippen LogP contribution in [-0.2, 0) is 9.53 Å². The van der Waals surface area contributed by atoms with E-state index in [1.54, 1.807) is 36.4 Å². The highest BCUT2D eigenvalue weighted by molar-refractivity contribution is 5.87. The number of aromatic hydroxyl groups is 2. The first kappa shape index (κ1) is 26.2. The average molecular weight is 497 g/mol. The van der Waals surface area contributed by atoms with E-state index < -0.39 is 18.2 Å². The molecule has 3 rings (SSSR count). The number of esters is 1. The van der Waals surface area contributed by atoms with Crippen LogP contribution in [0.1, 0.15) is 17.2 Å². The molecule has 0 aliphatic heterocycles. The summed E-state index contributed by atoms with van der Waals surface area (Å²) in [4.78, 5) is 12.4. The number of phenols is 2. The van der Waals surface area contributed by atoms with Gasteiger partial charge in [0.25, 0.3) is 0 Å². The van der Waals surface area contributed by atoms with Crippen LogP contribution in [-0.4, -0.2) is 55.3 Å².